The van der Waals surface area contributed by atoms with E-state index >= 15 is 0 Å². The van der Waals surface area contributed by atoms with Crippen molar-refractivity contribution in [3.8, 4) is 0 Å². The van der Waals surface area contributed by atoms with Crippen LogP contribution in [0.5, 0.6) is 0 Å². The standard InChI is InChI=1S/C14H26N2O3/c1-2-8-15-10-12(17)16-11-14(9-13(18)19)6-4-3-5-7-14/h15H,2-11H2,1H3,(H,16,17)(H,18,19). The zero-order valence-corrected chi connectivity index (χ0v) is 11.8. The predicted octanol–water partition coefficient (Wildman–Crippen LogP) is 1.53. The van der Waals surface area contributed by atoms with E-state index in [0.717, 1.165) is 38.6 Å². The maximum absolute atomic E-state index is 11.7. The first-order valence-corrected chi connectivity index (χ1v) is 7.27. The van der Waals surface area contributed by atoms with E-state index in [1.54, 1.807) is 0 Å². The first-order valence-electron chi connectivity index (χ1n) is 7.27. The van der Waals surface area contributed by atoms with Gasteiger partial charge in [0.25, 0.3) is 0 Å². The molecule has 0 spiro atoms. The minimum absolute atomic E-state index is 0.0382. The Morgan fingerprint density at radius 2 is 1.89 bits per heavy atom. The highest BCUT2D eigenvalue weighted by Crippen LogP contribution is 2.38. The van der Waals surface area contributed by atoms with Crippen molar-refractivity contribution in [2.24, 2.45) is 5.41 Å². The van der Waals surface area contributed by atoms with Crippen LogP contribution in [0, 0.1) is 5.41 Å². The Hall–Kier alpha value is -1.10. The summed E-state index contributed by atoms with van der Waals surface area (Å²) in [5.74, 6) is -0.802. The summed E-state index contributed by atoms with van der Waals surface area (Å²) < 4.78 is 0. The molecule has 0 aliphatic heterocycles. The molecule has 0 heterocycles. The van der Waals surface area contributed by atoms with Gasteiger partial charge in [-0.05, 0) is 31.2 Å². The first-order chi connectivity index (χ1) is 9.08. The number of rotatable bonds is 8. The minimum Gasteiger partial charge on any atom is -0.481 e. The second-order valence-electron chi connectivity index (χ2n) is 5.58. The zero-order chi connectivity index (χ0) is 14.1. The molecule has 110 valence electrons. The molecule has 1 rings (SSSR count). The number of amides is 1. The fourth-order valence-corrected chi connectivity index (χ4v) is 2.77. The molecular formula is C14H26N2O3. The highest BCUT2D eigenvalue weighted by atomic mass is 16.4. The molecule has 5 nitrogen and oxygen atoms in total. The quantitative estimate of drug-likeness (QED) is 0.584. The summed E-state index contributed by atoms with van der Waals surface area (Å²) in [6.45, 7) is 3.69. The van der Waals surface area contributed by atoms with E-state index in [-0.39, 0.29) is 17.7 Å². The van der Waals surface area contributed by atoms with E-state index < -0.39 is 5.97 Å². The molecule has 1 fully saturated rings. The first kappa shape index (κ1) is 16.0. The number of hydrogen-bond donors (Lipinski definition) is 3. The van der Waals surface area contributed by atoms with Crippen LogP contribution in [0.1, 0.15) is 51.9 Å². The Balaban J connectivity index is 2.40. The van der Waals surface area contributed by atoms with Crippen molar-refractivity contribution in [1.82, 2.24) is 10.6 Å². The van der Waals surface area contributed by atoms with Crippen molar-refractivity contribution in [2.45, 2.75) is 51.9 Å². The third-order valence-electron chi connectivity index (χ3n) is 3.81. The van der Waals surface area contributed by atoms with Gasteiger partial charge in [-0.15, -0.1) is 0 Å². The second-order valence-corrected chi connectivity index (χ2v) is 5.58. The van der Waals surface area contributed by atoms with Crippen LogP contribution in [0.25, 0.3) is 0 Å². The molecule has 0 atom stereocenters. The third-order valence-corrected chi connectivity index (χ3v) is 3.81. The van der Waals surface area contributed by atoms with Gasteiger partial charge >= 0.3 is 5.97 Å². The van der Waals surface area contributed by atoms with Crippen LogP contribution in [-0.2, 0) is 9.59 Å². The van der Waals surface area contributed by atoms with Crippen LogP contribution in [0.15, 0.2) is 0 Å². The van der Waals surface area contributed by atoms with Crippen LogP contribution in [0.2, 0.25) is 0 Å². The van der Waals surface area contributed by atoms with Gasteiger partial charge in [-0.3, -0.25) is 9.59 Å². The molecule has 0 unspecified atom stereocenters. The van der Waals surface area contributed by atoms with Gasteiger partial charge < -0.3 is 15.7 Å². The molecule has 3 N–H and O–H groups in total. The smallest absolute Gasteiger partial charge is 0.303 e. The van der Waals surface area contributed by atoms with Crippen molar-refractivity contribution < 1.29 is 14.7 Å². The van der Waals surface area contributed by atoms with E-state index in [1.807, 2.05) is 0 Å². The largest absolute Gasteiger partial charge is 0.481 e. The SMILES string of the molecule is CCCNCC(=O)NCC1(CC(=O)O)CCCCC1. The molecule has 0 radical (unpaired) electrons. The number of aliphatic carboxylic acids is 1. The molecule has 1 saturated carbocycles. The number of nitrogens with one attached hydrogen (secondary N) is 2. The van der Waals surface area contributed by atoms with Crippen molar-refractivity contribution in [3.05, 3.63) is 0 Å². The van der Waals surface area contributed by atoms with Gasteiger partial charge in [-0.1, -0.05) is 26.2 Å². The highest BCUT2D eigenvalue weighted by molar-refractivity contribution is 5.78. The molecule has 1 amide bonds. The predicted molar refractivity (Wildman–Crippen MR) is 73.9 cm³/mol. The van der Waals surface area contributed by atoms with Crippen LogP contribution in [0.3, 0.4) is 0 Å². The molecular weight excluding hydrogens is 244 g/mol. The summed E-state index contributed by atoms with van der Waals surface area (Å²) in [7, 11) is 0. The van der Waals surface area contributed by atoms with Gasteiger partial charge in [0.15, 0.2) is 0 Å². The van der Waals surface area contributed by atoms with Crippen molar-refractivity contribution in [2.75, 3.05) is 19.6 Å². The summed E-state index contributed by atoms with van der Waals surface area (Å²) >= 11 is 0. The van der Waals surface area contributed by atoms with Gasteiger partial charge in [0.05, 0.1) is 13.0 Å². The van der Waals surface area contributed by atoms with Crippen molar-refractivity contribution in [1.29, 1.82) is 0 Å². The number of carbonyl (C=O) groups excluding carboxylic acids is 1. The molecule has 1 aliphatic rings. The molecule has 5 heteroatoms. The van der Waals surface area contributed by atoms with E-state index in [4.69, 9.17) is 5.11 Å². The summed E-state index contributed by atoms with van der Waals surface area (Å²) in [6, 6.07) is 0. The normalized spacial score (nSPS) is 17.9. The summed E-state index contributed by atoms with van der Waals surface area (Å²) in [6.07, 6.45) is 6.28. The zero-order valence-electron chi connectivity index (χ0n) is 11.8. The summed E-state index contributed by atoms with van der Waals surface area (Å²) in [5, 5.41) is 15.0. The molecule has 0 aromatic carbocycles. The van der Waals surface area contributed by atoms with Crippen LogP contribution in [0.4, 0.5) is 0 Å². The third kappa shape index (κ3) is 6.05. The van der Waals surface area contributed by atoms with E-state index in [2.05, 4.69) is 17.6 Å². The van der Waals surface area contributed by atoms with Gasteiger partial charge in [-0.25, -0.2) is 0 Å². The Bertz CT molecular complexity index is 299. The Kier molecular flexibility index (Phi) is 6.84. The maximum Gasteiger partial charge on any atom is 0.303 e. The fourth-order valence-electron chi connectivity index (χ4n) is 2.77. The average molecular weight is 270 g/mol. The molecule has 0 saturated heterocycles. The lowest BCUT2D eigenvalue weighted by molar-refractivity contribution is -0.140. The number of carboxylic acids is 1. The highest BCUT2D eigenvalue weighted by Gasteiger charge is 2.34. The number of carbonyl (C=O) groups is 2. The molecule has 0 aromatic heterocycles. The average Bonchev–Trinajstić information content (AvgIpc) is 2.37. The number of hydrogen-bond acceptors (Lipinski definition) is 3. The molecule has 1 aliphatic carbocycles. The number of carboxylic acid groups (broad SMARTS) is 1. The van der Waals surface area contributed by atoms with Gasteiger partial charge in [-0.2, -0.15) is 0 Å². The van der Waals surface area contributed by atoms with E-state index in [9.17, 15) is 9.59 Å². The molecule has 19 heavy (non-hydrogen) atoms. The van der Waals surface area contributed by atoms with E-state index in [0.29, 0.717) is 13.1 Å². The molecule has 0 bridgehead atoms. The minimum atomic E-state index is -0.764. The lowest BCUT2D eigenvalue weighted by atomic mass is 9.71. The lowest BCUT2D eigenvalue weighted by Gasteiger charge is -2.36. The van der Waals surface area contributed by atoms with Gasteiger partial charge in [0.1, 0.15) is 0 Å². The maximum atomic E-state index is 11.7. The Morgan fingerprint density at radius 1 is 1.21 bits per heavy atom. The summed E-state index contributed by atoms with van der Waals surface area (Å²) in [4.78, 5) is 22.7. The van der Waals surface area contributed by atoms with Gasteiger partial charge in [0.2, 0.25) is 5.91 Å². The monoisotopic (exact) mass is 270 g/mol. The van der Waals surface area contributed by atoms with Crippen LogP contribution in [-0.4, -0.2) is 36.6 Å². The van der Waals surface area contributed by atoms with E-state index in [1.165, 1.54) is 6.42 Å². The fraction of sp³-hybridized carbons (Fsp3) is 0.857. The lowest BCUT2D eigenvalue weighted by Crippen LogP contribution is -2.43. The van der Waals surface area contributed by atoms with Crippen molar-refractivity contribution in [3.63, 3.8) is 0 Å². The summed E-state index contributed by atoms with van der Waals surface area (Å²) in [5.41, 5.74) is -0.232. The Labute approximate surface area is 115 Å². The second kappa shape index (κ2) is 8.15. The van der Waals surface area contributed by atoms with Crippen LogP contribution < -0.4 is 10.6 Å². The van der Waals surface area contributed by atoms with Gasteiger partial charge in [0, 0.05) is 6.54 Å². The molecule has 0 aromatic rings. The Morgan fingerprint density at radius 3 is 2.47 bits per heavy atom. The van der Waals surface area contributed by atoms with Crippen molar-refractivity contribution >= 4 is 11.9 Å². The van der Waals surface area contributed by atoms with Crippen LogP contribution >= 0.6 is 0 Å². The topological polar surface area (TPSA) is 78.4 Å².